The third-order valence-electron chi connectivity index (χ3n) is 4.25. The van der Waals surface area contributed by atoms with Crippen LogP contribution in [0.2, 0.25) is 0 Å². The van der Waals surface area contributed by atoms with Gasteiger partial charge in [0.2, 0.25) is 15.9 Å². The second kappa shape index (κ2) is 9.54. The van der Waals surface area contributed by atoms with E-state index in [9.17, 15) is 17.6 Å². The van der Waals surface area contributed by atoms with Gasteiger partial charge in [-0.15, -0.1) is 0 Å². The predicted octanol–water partition coefficient (Wildman–Crippen LogP) is 2.74. The molecule has 1 N–H and O–H groups in total. The van der Waals surface area contributed by atoms with E-state index in [2.05, 4.69) is 5.32 Å². The van der Waals surface area contributed by atoms with E-state index in [4.69, 9.17) is 4.74 Å². The summed E-state index contributed by atoms with van der Waals surface area (Å²) >= 11 is 0. The average Bonchev–Trinajstić information content (AvgIpc) is 2.65. The fourth-order valence-corrected chi connectivity index (χ4v) is 4.05. The number of amides is 1. The van der Waals surface area contributed by atoms with Crippen molar-refractivity contribution in [3.63, 3.8) is 0 Å². The Morgan fingerprint density at radius 1 is 1.21 bits per heavy atom. The van der Waals surface area contributed by atoms with Crippen LogP contribution in [0.15, 0.2) is 48.5 Å². The molecule has 0 bridgehead atoms. The Labute approximate surface area is 165 Å². The molecule has 0 radical (unpaired) electrons. The van der Waals surface area contributed by atoms with Crippen LogP contribution in [0.5, 0.6) is 5.75 Å². The average molecular weight is 408 g/mol. The van der Waals surface area contributed by atoms with Crippen LogP contribution >= 0.6 is 0 Å². The zero-order valence-electron chi connectivity index (χ0n) is 16.2. The van der Waals surface area contributed by atoms with E-state index in [1.165, 1.54) is 19.1 Å². The van der Waals surface area contributed by atoms with Gasteiger partial charge in [-0.3, -0.25) is 9.10 Å². The first kappa shape index (κ1) is 21.7. The largest absolute Gasteiger partial charge is 0.497 e. The SMILES string of the molecule is COc1cccc(CCCNC(=O)C(C)N(c2ccc(F)cc2)S(C)(=O)=O)c1. The molecule has 0 fully saturated rings. The van der Waals surface area contributed by atoms with Crippen molar-refractivity contribution < 1.29 is 22.3 Å². The van der Waals surface area contributed by atoms with Crippen molar-refractivity contribution in [1.82, 2.24) is 5.32 Å². The molecule has 0 aliphatic heterocycles. The highest BCUT2D eigenvalue weighted by molar-refractivity contribution is 7.92. The predicted molar refractivity (Wildman–Crippen MR) is 108 cm³/mol. The van der Waals surface area contributed by atoms with E-state index < -0.39 is 27.8 Å². The van der Waals surface area contributed by atoms with Gasteiger partial charge in [0.05, 0.1) is 19.1 Å². The highest BCUT2D eigenvalue weighted by atomic mass is 32.2. The normalized spacial score (nSPS) is 12.3. The number of methoxy groups -OCH3 is 1. The quantitative estimate of drug-likeness (QED) is 0.648. The smallest absolute Gasteiger partial charge is 0.243 e. The molecule has 2 aromatic rings. The first-order valence-electron chi connectivity index (χ1n) is 8.88. The molecule has 1 atom stereocenters. The Morgan fingerprint density at radius 3 is 2.50 bits per heavy atom. The number of carbonyl (C=O) groups is 1. The molecule has 0 spiro atoms. The van der Waals surface area contributed by atoms with Gasteiger partial charge in [0.25, 0.3) is 0 Å². The number of hydrogen-bond donors (Lipinski definition) is 1. The van der Waals surface area contributed by atoms with Crippen molar-refractivity contribution in [3.8, 4) is 5.75 Å². The maximum Gasteiger partial charge on any atom is 0.243 e. The number of sulfonamides is 1. The summed E-state index contributed by atoms with van der Waals surface area (Å²) in [6.45, 7) is 1.91. The number of ether oxygens (including phenoxy) is 1. The molecule has 0 saturated carbocycles. The number of nitrogens with one attached hydrogen (secondary N) is 1. The molecule has 2 aromatic carbocycles. The van der Waals surface area contributed by atoms with Crippen molar-refractivity contribution in [3.05, 3.63) is 59.9 Å². The topological polar surface area (TPSA) is 75.7 Å². The number of benzene rings is 2. The van der Waals surface area contributed by atoms with Crippen LogP contribution < -0.4 is 14.4 Å². The van der Waals surface area contributed by atoms with E-state index in [0.717, 1.165) is 40.4 Å². The van der Waals surface area contributed by atoms with Crippen LogP contribution in [0.3, 0.4) is 0 Å². The summed E-state index contributed by atoms with van der Waals surface area (Å²) in [5.74, 6) is -0.120. The van der Waals surface area contributed by atoms with Gasteiger partial charge in [-0.1, -0.05) is 12.1 Å². The number of hydrogen-bond acceptors (Lipinski definition) is 4. The fraction of sp³-hybridized carbons (Fsp3) is 0.350. The highest BCUT2D eigenvalue weighted by Gasteiger charge is 2.28. The summed E-state index contributed by atoms with van der Waals surface area (Å²) in [6.07, 6.45) is 2.46. The van der Waals surface area contributed by atoms with Crippen molar-refractivity contribution >= 4 is 21.6 Å². The Morgan fingerprint density at radius 2 is 1.89 bits per heavy atom. The lowest BCUT2D eigenvalue weighted by Crippen LogP contribution is -2.48. The van der Waals surface area contributed by atoms with E-state index in [1.807, 2.05) is 24.3 Å². The molecule has 8 heteroatoms. The number of halogens is 1. The van der Waals surface area contributed by atoms with Crippen molar-refractivity contribution in [2.75, 3.05) is 24.2 Å². The molecule has 1 unspecified atom stereocenters. The van der Waals surface area contributed by atoms with Crippen LogP contribution in [0, 0.1) is 5.82 Å². The Balaban J connectivity index is 1.96. The minimum Gasteiger partial charge on any atom is -0.497 e. The summed E-state index contributed by atoms with van der Waals surface area (Å²) in [7, 11) is -2.11. The van der Waals surface area contributed by atoms with E-state index in [-0.39, 0.29) is 5.69 Å². The van der Waals surface area contributed by atoms with Gasteiger partial charge in [0.15, 0.2) is 0 Å². The summed E-state index contributed by atoms with van der Waals surface area (Å²) in [4.78, 5) is 12.5. The lowest BCUT2D eigenvalue weighted by molar-refractivity contribution is -0.121. The van der Waals surface area contributed by atoms with Crippen molar-refractivity contribution in [2.45, 2.75) is 25.8 Å². The maximum atomic E-state index is 13.1. The van der Waals surface area contributed by atoms with Gasteiger partial charge in [-0.05, 0) is 61.7 Å². The third kappa shape index (κ3) is 5.95. The van der Waals surface area contributed by atoms with Gasteiger partial charge in [0.1, 0.15) is 17.6 Å². The second-order valence-corrected chi connectivity index (χ2v) is 8.32. The summed E-state index contributed by atoms with van der Waals surface area (Å²) < 4.78 is 43.7. The van der Waals surface area contributed by atoms with Gasteiger partial charge < -0.3 is 10.1 Å². The minimum absolute atomic E-state index is 0.239. The molecule has 152 valence electrons. The molecule has 6 nitrogen and oxygen atoms in total. The molecule has 0 aliphatic rings. The molecule has 0 aliphatic carbocycles. The molecular weight excluding hydrogens is 383 g/mol. The third-order valence-corrected chi connectivity index (χ3v) is 5.49. The lowest BCUT2D eigenvalue weighted by Gasteiger charge is -2.28. The Hall–Kier alpha value is -2.61. The molecule has 1 amide bonds. The Bertz CT molecular complexity index is 901. The number of anilines is 1. The number of carbonyl (C=O) groups excluding carboxylic acids is 1. The van der Waals surface area contributed by atoms with Crippen LogP contribution in [-0.4, -0.2) is 40.3 Å². The molecule has 0 saturated heterocycles. The van der Waals surface area contributed by atoms with Gasteiger partial charge in [0, 0.05) is 6.54 Å². The van der Waals surface area contributed by atoms with E-state index >= 15 is 0 Å². The Kier molecular flexibility index (Phi) is 7.39. The zero-order valence-corrected chi connectivity index (χ0v) is 17.0. The lowest BCUT2D eigenvalue weighted by atomic mass is 10.1. The number of rotatable bonds is 9. The standard InChI is InChI=1S/C20H25FN2O4S/c1-15(23(28(3,25)26)18-11-9-17(21)10-12-18)20(24)22-13-5-7-16-6-4-8-19(14-16)27-2/h4,6,8-12,14-15H,5,7,13H2,1-3H3,(H,22,24). The van der Waals surface area contributed by atoms with Gasteiger partial charge in [-0.2, -0.15) is 0 Å². The van der Waals surface area contributed by atoms with Crippen LogP contribution in [0.4, 0.5) is 10.1 Å². The summed E-state index contributed by atoms with van der Waals surface area (Å²) in [5.41, 5.74) is 1.33. The second-order valence-electron chi connectivity index (χ2n) is 6.46. The molecule has 0 aromatic heterocycles. The molecule has 28 heavy (non-hydrogen) atoms. The van der Waals surface area contributed by atoms with Gasteiger partial charge >= 0.3 is 0 Å². The maximum absolute atomic E-state index is 13.1. The van der Waals surface area contributed by atoms with E-state index in [1.54, 1.807) is 7.11 Å². The van der Waals surface area contributed by atoms with Crippen LogP contribution in [-0.2, 0) is 21.2 Å². The number of nitrogens with zero attached hydrogens (tertiary/aromatic N) is 1. The zero-order chi connectivity index (χ0) is 20.7. The monoisotopic (exact) mass is 408 g/mol. The van der Waals surface area contributed by atoms with Gasteiger partial charge in [-0.25, -0.2) is 12.8 Å². The first-order chi connectivity index (χ1) is 13.2. The minimum atomic E-state index is -3.72. The van der Waals surface area contributed by atoms with Crippen LogP contribution in [0.25, 0.3) is 0 Å². The van der Waals surface area contributed by atoms with Crippen molar-refractivity contribution in [2.24, 2.45) is 0 Å². The summed E-state index contributed by atoms with van der Waals surface area (Å²) in [5, 5.41) is 2.76. The highest BCUT2D eigenvalue weighted by Crippen LogP contribution is 2.21. The van der Waals surface area contributed by atoms with Crippen LogP contribution in [0.1, 0.15) is 18.9 Å². The molecule has 2 rings (SSSR count). The fourth-order valence-electron chi connectivity index (χ4n) is 2.88. The first-order valence-corrected chi connectivity index (χ1v) is 10.7. The van der Waals surface area contributed by atoms with Crippen molar-refractivity contribution in [1.29, 1.82) is 0 Å². The van der Waals surface area contributed by atoms with E-state index in [0.29, 0.717) is 13.0 Å². The molecular formula is C20H25FN2O4S. The number of aryl methyl sites for hydroxylation is 1. The molecule has 0 heterocycles. The summed E-state index contributed by atoms with van der Waals surface area (Å²) in [6, 6.07) is 11.7.